The molecule has 0 amide bonds. The van der Waals surface area contributed by atoms with Crippen molar-refractivity contribution in [3.63, 3.8) is 0 Å². The maximum atomic E-state index is 5.75. The summed E-state index contributed by atoms with van der Waals surface area (Å²) in [5, 5.41) is 4.21. The Morgan fingerprint density at radius 3 is 2.89 bits per heavy atom. The zero-order chi connectivity index (χ0) is 13.2. The molecule has 0 spiro atoms. The average molecular weight is 322 g/mol. The highest BCUT2D eigenvalue weighted by Gasteiger charge is 2.07. The molecule has 0 bridgehead atoms. The molecule has 98 valence electrons. The molecule has 7 nitrogen and oxygen atoms in total. The average Bonchev–Trinajstić information content (AvgIpc) is 2.98. The number of hydrogen-bond acceptors (Lipinski definition) is 5. The minimum Gasteiger partial charge on any atom is -0.382 e. The van der Waals surface area contributed by atoms with Gasteiger partial charge in [0.25, 0.3) is 0 Å². The molecule has 0 aliphatic carbocycles. The van der Waals surface area contributed by atoms with E-state index < -0.39 is 0 Å². The summed E-state index contributed by atoms with van der Waals surface area (Å²) in [5.41, 5.74) is 7.17. The molecule has 3 aromatic heterocycles. The Hall–Kier alpha value is -1.96. The normalized spacial score (nSPS) is 11.2. The fraction of sp³-hybridized carbons (Fsp3) is 0.273. The lowest BCUT2D eigenvalue weighted by molar-refractivity contribution is 0.531. The predicted octanol–water partition coefficient (Wildman–Crippen LogP) is 1.46. The van der Waals surface area contributed by atoms with Gasteiger partial charge in [0.15, 0.2) is 11.5 Å². The first-order valence-electron chi connectivity index (χ1n) is 5.83. The number of aryl methyl sites for hydroxylation is 2. The van der Waals surface area contributed by atoms with E-state index in [0.29, 0.717) is 11.3 Å². The van der Waals surface area contributed by atoms with Gasteiger partial charge in [0.1, 0.15) is 11.8 Å². The molecule has 3 heterocycles. The standard InChI is InChI=1S/C11H12BrN7/c12-8-4-17-19(5-8)3-1-2-18-7-16-9-10(13)14-6-15-11(9)18/h4-7H,1-3H2,(H2,13,14,15). The third-order valence-corrected chi connectivity index (χ3v) is 3.23. The number of nitrogens with zero attached hydrogens (tertiary/aromatic N) is 6. The second-order valence-corrected chi connectivity index (χ2v) is 5.06. The minimum atomic E-state index is 0.416. The molecule has 0 unspecified atom stereocenters. The van der Waals surface area contributed by atoms with Gasteiger partial charge in [-0.05, 0) is 22.4 Å². The van der Waals surface area contributed by atoms with Gasteiger partial charge in [-0.1, -0.05) is 0 Å². The van der Waals surface area contributed by atoms with Crippen LogP contribution in [0.25, 0.3) is 11.2 Å². The predicted molar refractivity (Wildman–Crippen MR) is 74.3 cm³/mol. The Bertz CT molecular complexity index is 702. The van der Waals surface area contributed by atoms with Crippen LogP contribution in [0.3, 0.4) is 0 Å². The lowest BCUT2D eigenvalue weighted by atomic mass is 10.4. The molecule has 0 aliphatic rings. The third kappa shape index (κ3) is 2.43. The Labute approximate surface area is 117 Å². The second kappa shape index (κ2) is 4.96. The number of fused-ring (bicyclic) bond motifs is 1. The van der Waals surface area contributed by atoms with Crippen LogP contribution in [-0.2, 0) is 13.1 Å². The molecule has 0 atom stereocenters. The van der Waals surface area contributed by atoms with Crippen LogP contribution in [0.15, 0.2) is 29.5 Å². The molecule has 0 saturated heterocycles. The highest BCUT2D eigenvalue weighted by atomic mass is 79.9. The van der Waals surface area contributed by atoms with Gasteiger partial charge in [-0.15, -0.1) is 0 Å². The maximum absolute atomic E-state index is 5.75. The third-order valence-electron chi connectivity index (χ3n) is 2.82. The van der Waals surface area contributed by atoms with Crippen molar-refractivity contribution in [2.24, 2.45) is 0 Å². The van der Waals surface area contributed by atoms with Crippen LogP contribution in [0.5, 0.6) is 0 Å². The van der Waals surface area contributed by atoms with Crippen LogP contribution in [0.4, 0.5) is 5.82 Å². The summed E-state index contributed by atoms with van der Waals surface area (Å²) in [4.78, 5) is 12.4. The number of anilines is 1. The van der Waals surface area contributed by atoms with E-state index in [2.05, 4.69) is 36.0 Å². The van der Waals surface area contributed by atoms with Crippen LogP contribution in [0.1, 0.15) is 6.42 Å². The number of aromatic nitrogens is 6. The Morgan fingerprint density at radius 1 is 1.21 bits per heavy atom. The molecule has 3 rings (SSSR count). The largest absolute Gasteiger partial charge is 0.382 e. The van der Waals surface area contributed by atoms with Crippen molar-refractivity contribution in [3.8, 4) is 0 Å². The fourth-order valence-electron chi connectivity index (χ4n) is 1.93. The van der Waals surface area contributed by atoms with Gasteiger partial charge in [0.2, 0.25) is 0 Å². The molecule has 19 heavy (non-hydrogen) atoms. The van der Waals surface area contributed by atoms with Crippen molar-refractivity contribution in [2.75, 3.05) is 5.73 Å². The first kappa shape index (κ1) is 12.1. The monoisotopic (exact) mass is 321 g/mol. The lowest BCUT2D eigenvalue weighted by Gasteiger charge is -2.04. The molecule has 2 N–H and O–H groups in total. The number of hydrogen-bond donors (Lipinski definition) is 1. The number of nitrogen functional groups attached to an aromatic ring is 1. The van der Waals surface area contributed by atoms with Crippen molar-refractivity contribution >= 4 is 32.9 Å². The van der Waals surface area contributed by atoms with Crippen molar-refractivity contribution in [3.05, 3.63) is 29.5 Å². The highest BCUT2D eigenvalue weighted by Crippen LogP contribution is 2.14. The molecular formula is C11H12BrN7. The second-order valence-electron chi connectivity index (χ2n) is 4.14. The molecule has 0 fully saturated rings. The van der Waals surface area contributed by atoms with E-state index in [1.54, 1.807) is 12.5 Å². The summed E-state index contributed by atoms with van der Waals surface area (Å²) in [5.74, 6) is 0.416. The summed E-state index contributed by atoms with van der Waals surface area (Å²) < 4.78 is 4.86. The Balaban J connectivity index is 1.70. The lowest BCUT2D eigenvalue weighted by Crippen LogP contribution is -2.04. The molecular weight excluding hydrogens is 310 g/mol. The van der Waals surface area contributed by atoms with Gasteiger partial charge in [-0.2, -0.15) is 5.10 Å². The zero-order valence-electron chi connectivity index (χ0n) is 10.1. The van der Waals surface area contributed by atoms with Crippen molar-refractivity contribution in [2.45, 2.75) is 19.5 Å². The van der Waals surface area contributed by atoms with Gasteiger partial charge < -0.3 is 10.3 Å². The SMILES string of the molecule is Nc1ncnc2c1ncn2CCCn1cc(Br)cn1. The van der Waals surface area contributed by atoms with Crippen molar-refractivity contribution in [1.29, 1.82) is 0 Å². The number of rotatable bonds is 4. The minimum absolute atomic E-state index is 0.416. The first-order valence-corrected chi connectivity index (χ1v) is 6.62. The van der Waals surface area contributed by atoms with Gasteiger partial charge in [0.05, 0.1) is 17.0 Å². The van der Waals surface area contributed by atoms with Crippen LogP contribution in [-0.4, -0.2) is 29.3 Å². The topological polar surface area (TPSA) is 87.4 Å². The van der Waals surface area contributed by atoms with E-state index in [1.165, 1.54) is 6.33 Å². The zero-order valence-corrected chi connectivity index (χ0v) is 11.7. The first-order chi connectivity index (χ1) is 9.24. The smallest absolute Gasteiger partial charge is 0.165 e. The van der Waals surface area contributed by atoms with E-state index in [1.807, 2.05) is 15.4 Å². The quantitative estimate of drug-likeness (QED) is 0.786. The molecule has 3 aromatic rings. The summed E-state index contributed by atoms with van der Waals surface area (Å²) >= 11 is 3.37. The Morgan fingerprint density at radius 2 is 2.11 bits per heavy atom. The molecule has 0 aromatic carbocycles. The number of nitrogens with two attached hydrogens (primary N) is 1. The fourth-order valence-corrected chi connectivity index (χ4v) is 2.25. The van der Waals surface area contributed by atoms with Gasteiger partial charge in [0, 0.05) is 19.3 Å². The summed E-state index contributed by atoms with van der Waals surface area (Å²) in [7, 11) is 0. The number of halogens is 1. The summed E-state index contributed by atoms with van der Waals surface area (Å²) in [6, 6.07) is 0. The van der Waals surface area contributed by atoms with Crippen LogP contribution < -0.4 is 5.73 Å². The molecule has 0 radical (unpaired) electrons. The summed E-state index contributed by atoms with van der Waals surface area (Å²) in [6.45, 7) is 1.65. The Kier molecular flexibility index (Phi) is 3.16. The van der Waals surface area contributed by atoms with Crippen molar-refractivity contribution < 1.29 is 0 Å². The van der Waals surface area contributed by atoms with Gasteiger partial charge in [-0.25, -0.2) is 15.0 Å². The van der Waals surface area contributed by atoms with E-state index in [4.69, 9.17) is 5.73 Å². The maximum Gasteiger partial charge on any atom is 0.165 e. The van der Waals surface area contributed by atoms with Crippen molar-refractivity contribution in [1.82, 2.24) is 29.3 Å². The van der Waals surface area contributed by atoms with E-state index in [0.717, 1.165) is 29.6 Å². The van der Waals surface area contributed by atoms with Crippen LogP contribution >= 0.6 is 15.9 Å². The van der Waals surface area contributed by atoms with Crippen LogP contribution in [0.2, 0.25) is 0 Å². The summed E-state index contributed by atoms with van der Waals surface area (Å²) in [6.07, 6.45) is 7.87. The van der Waals surface area contributed by atoms with Gasteiger partial charge >= 0.3 is 0 Å². The molecule has 0 saturated carbocycles. The number of imidazole rings is 1. The van der Waals surface area contributed by atoms with E-state index >= 15 is 0 Å². The van der Waals surface area contributed by atoms with E-state index in [9.17, 15) is 0 Å². The van der Waals surface area contributed by atoms with Gasteiger partial charge in [-0.3, -0.25) is 4.68 Å². The molecule has 0 aliphatic heterocycles. The van der Waals surface area contributed by atoms with E-state index in [-0.39, 0.29) is 0 Å². The molecule has 8 heteroatoms. The highest BCUT2D eigenvalue weighted by molar-refractivity contribution is 9.10. The van der Waals surface area contributed by atoms with Crippen LogP contribution in [0, 0.1) is 0 Å².